The zero-order valence-electron chi connectivity index (χ0n) is 24.8. The van der Waals surface area contributed by atoms with Gasteiger partial charge in [0.2, 0.25) is 5.91 Å². The molecular weight excluding hydrogens is 546 g/mol. The molecule has 0 saturated carbocycles. The molecule has 3 atom stereocenters. The third-order valence-electron chi connectivity index (χ3n) is 7.31. The Bertz CT molecular complexity index is 1630. The molecule has 3 N–H and O–H groups in total. The molecule has 3 aromatic carbocycles. The number of likely N-dealkylation sites (tertiary alicyclic amines) is 1. The number of ether oxygens (including phenoxy) is 2. The van der Waals surface area contributed by atoms with Crippen molar-refractivity contribution >= 4 is 28.8 Å². The van der Waals surface area contributed by atoms with E-state index in [4.69, 9.17) is 15.2 Å². The van der Waals surface area contributed by atoms with Crippen LogP contribution in [0.3, 0.4) is 0 Å². The van der Waals surface area contributed by atoms with Gasteiger partial charge in [0.05, 0.1) is 23.4 Å². The second kappa shape index (κ2) is 12.2. The van der Waals surface area contributed by atoms with Crippen molar-refractivity contribution in [3.05, 3.63) is 90.1 Å². The summed E-state index contributed by atoms with van der Waals surface area (Å²) in [5.74, 6) is -0.104. The van der Waals surface area contributed by atoms with Gasteiger partial charge in [0.25, 0.3) is 5.91 Å². The summed E-state index contributed by atoms with van der Waals surface area (Å²) in [6.07, 6.45) is 2.06. The Labute approximate surface area is 250 Å². The Morgan fingerprint density at radius 2 is 1.79 bits per heavy atom. The van der Waals surface area contributed by atoms with Crippen molar-refractivity contribution in [3.63, 3.8) is 0 Å². The van der Waals surface area contributed by atoms with Crippen LogP contribution in [0, 0.1) is 0 Å². The van der Waals surface area contributed by atoms with Crippen LogP contribution in [0.5, 0.6) is 5.75 Å². The molecule has 224 valence electrons. The fourth-order valence-electron chi connectivity index (χ4n) is 5.35. The molecule has 1 aliphatic rings. The predicted molar refractivity (Wildman–Crippen MR) is 163 cm³/mol. The minimum atomic E-state index is -0.620. The minimum Gasteiger partial charge on any atom is -0.484 e. The lowest BCUT2D eigenvalue weighted by Crippen LogP contribution is -2.43. The van der Waals surface area contributed by atoms with Gasteiger partial charge in [-0.05, 0) is 82.5 Å². The molecule has 4 aromatic rings. The number of alkyl carbamates (subject to hydrolysis) is 1. The highest BCUT2D eigenvalue weighted by Crippen LogP contribution is 2.30. The molecule has 10 nitrogen and oxygen atoms in total. The van der Waals surface area contributed by atoms with Crippen molar-refractivity contribution in [2.45, 2.75) is 64.3 Å². The average molecular weight is 584 g/mol. The average Bonchev–Trinajstić information content (AvgIpc) is 3.62. The number of nitrogens with one attached hydrogen (secondary N) is 1. The van der Waals surface area contributed by atoms with Gasteiger partial charge in [0, 0.05) is 17.5 Å². The van der Waals surface area contributed by atoms with Gasteiger partial charge in [-0.15, -0.1) is 0 Å². The third kappa shape index (κ3) is 6.80. The molecule has 1 aliphatic heterocycles. The van der Waals surface area contributed by atoms with Gasteiger partial charge >= 0.3 is 6.09 Å². The van der Waals surface area contributed by atoms with Crippen molar-refractivity contribution in [2.75, 3.05) is 6.54 Å². The van der Waals surface area contributed by atoms with Crippen LogP contribution in [0.4, 0.5) is 4.79 Å². The monoisotopic (exact) mass is 583 g/mol. The van der Waals surface area contributed by atoms with E-state index in [1.54, 1.807) is 34.0 Å². The van der Waals surface area contributed by atoms with Crippen LogP contribution in [0.1, 0.15) is 62.6 Å². The van der Waals surface area contributed by atoms with Gasteiger partial charge in [0.15, 0.2) is 0 Å². The molecule has 10 heteroatoms. The number of hydrogen-bond acceptors (Lipinski definition) is 6. The number of rotatable bonds is 8. The number of nitrogens with two attached hydrogens (primary N) is 1. The van der Waals surface area contributed by atoms with Crippen LogP contribution in [0.2, 0.25) is 0 Å². The first-order valence-electron chi connectivity index (χ1n) is 14.4. The van der Waals surface area contributed by atoms with E-state index < -0.39 is 35.8 Å². The largest absolute Gasteiger partial charge is 0.484 e. The van der Waals surface area contributed by atoms with E-state index in [9.17, 15) is 14.4 Å². The fourth-order valence-corrected chi connectivity index (χ4v) is 5.35. The van der Waals surface area contributed by atoms with Crippen LogP contribution in [0.25, 0.3) is 16.6 Å². The lowest BCUT2D eigenvalue weighted by molar-refractivity contribution is -0.121. The summed E-state index contributed by atoms with van der Waals surface area (Å²) in [6, 6.07) is 21.5. The summed E-state index contributed by atoms with van der Waals surface area (Å²) >= 11 is 0. The first kappa shape index (κ1) is 29.6. The summed E-state index contributed by atoms with van der Waals surface area (Å²) in [6.45, 7) is 7.83. The maximum atomic E-state index is 13.2. The third-order valence-corrected chi connectivity index (χ3v) is 7.31. The van der Waals surface area contributed by atoms with E-state index in [1.165, 1.54) is 0 Å². The van der Waals surface area contributed by atoms with Crippen LogP contribution in [-0.2, 0) is 9.53 Å². The van der Waals surface area contributed by atoms with Crippen molar-refractivity contribution < 1.29 is 23.9 Å². The van der Waals surface area contributed by atoms with Gasteiger partial charge in [-0.3, -0.25) is 9.59 Å². The van der Waals surface area contributed by atoms with Gasteiger partial charge in [-0.1, -0.05) is 36.4 Å². The minimum absolute atomic E-state index is 0.226. The highest BCUT2D eigenvalue weighted by Gasteiger charge is 2.33. The van der Waals surface area contributed by atoms with Gasteiger partial charge < -0.3 is 25.4 Å². The van der Waals surface area contributed by atoms with Crippen LogP contribution >= 0.6 is 0 Å². The van der Waals surface area contributed by atoms with Gasteiger partial charge in [-0.2, -0.15) is 5.10 Å². The molecule has 5 rings (SSSR count). The molecule has 43 heavy (non-hydrogen) atoms. The second-order valence-corrected chi connectivity index (χ2v) is 11.8. The number of carbonyl (C=O) groups excluding carboxylic acids is 3. The number of aromatic nitrogens is 2. The van der Waals surface area contributed by atoms with E-state index in [-0.39, 0.29) is 5.91 Å². The summed E-state index contributed by atoms with van der Waals surface area (Å²) in [5.41, 5.74) is 7.81. The normalized spacial score (nSPS) is 16.5. The van der Waals surface area contributed by atoms with Gasteiger partial charge in [-0.25, -0.2) is 9.48 Å². The van der Waals surface area contributed by atoms with Crippen LogP contribution in [0.15, 0.2) is 79.0 Å². The van der Waals surface area contributed by atoms with E-state index in [0.717, 1.165) is 22.9 Å². The standard InChI is InChI=1S/C33H37N5O5/c1-21(36-32(41)43-33(2,3)4)29(22-10-6-5-7-11-22)42-26-15-16-27-24(19-26)20-35-38(27)25-13-8-12-23(18-25)31(40)37-17-9-14-28(37)30(34)39/h5-8,10-13,15-16,18-21,28-29H,9,14,17H2,1-4H3,(H2,34,39)(H,36,41)/t21-,28+,29-/m0/s1. The van der Waals surface area contributed by atoms with Crippen molar-refractivity contribution in [2.24, 2.45) is 5.73 Å². The maximum absolute atomic E-state index is 13.2. The van der Waals surface area contributed by atoms with E-state index in [1.807, 2.05) is 82.3 Å². The quantitative estimate of drug-likeness (QED) is 0.295. The number of nitrogens with zero attached hydrogens (tertiary/aromatic N) is 3. The number of hydrogen-bond donors (Lipinski definition) is 2. The fraction of sp³-hybridized carbons (Fsp3) is 0.333. The topological polar surface area (TPSA) is 129 Å². The first-order valence-corrected chi connectivity index (χ1v) is 14.4. The predicted octanol–water partition coefficient (Wildman–Crippen LogP) is 5.15. The number of amides is 3. The Kier molecular flexibility index (Phi) is 8.38. The van der Waals surface area contributed by atoms with Gasteiger partial charge in [0.1, 0.15) is 23.5 Å². The Hall–Kier alpha value is -4.86. The molecule has 1 saturated heterocycles. The van der Waals surface area contributed by atoms with E-state index in [0.29, 0.717) is 30.0 Å². The van der Waals surface area contributed by atoms with Crippen molar-refractivity contribution in [1.82, 2.24) is 20.0 Å². The lowest BCUT2D eigenvalue weighted by atomic mass is 10.0. The van der Waals surface area contributed by atoms with Crippen LogP contribution in [-0.4, -0.2) is 56.8 Å². The first-order chi connectivity index (χ1) is 20.5. The zero-order valence-corrected chi connectivity index (χ0v) is 24.8. The second-order valence-electron chi connectivity index (χ2n) is 11.8. The Balaban J connectivity index is 1.38. The molecule has 3 amide bonds. The molecule has 0 spiro atoms. The summed E-state index contributed by atoms with van der Waals surface area (Å²) in [7, 11) is 0. The summed E-state index contributed by atoms with van der Waals surface area (Å²) < 4.78 is 13.7. The van der Waals surface area contributed by atoms with Crippen molar-refractivity contribution in [3.8, 4) is 11.4 Å². The highest BCUT2D eigenvalue weighted by atomic mass is 16.6. The number of benzene rings is 3. The SMILES string of the molecule is C[C@H](NC(=O)OC(C)(C)C)[C@H](Oc1ccc2c(cnn2-c2cccc(C(=O)N3CCC[C@@H]3C(N)=O)c2)c1)c1ccccc1. The molecule has 0 bridgehead atoms. The molecule has 0 unspecified atom stereocenters. The highest BCUT2D eigenvalue weighted by molar-refractivity contribution is 5.98. The van der Waals surface area contributed by atoms with E-state index >= 15 is 0 Å². The van der Waals surface area contributed by atoms with Crippen molar-refractivity contribution in [1.29, 1.82) is 0 Å². The molecule has 0 radical (unpaired) electrons. The zero-order chi connectivity index (χ0) is 30.7. The smallest absolute Gasteiger partial charge is 0.408 e. The molecule has 0 aliphatic carbocycles. The number of primary amides is 1. The Morgan fingerprint density at radius 3 is 2.51 bits per heavy atom. The molecular formula is C33H37N5O5. The van der Waals surface area contributed by atoms with Crippen LogP contribution < -0.4 is 15.8 Å². The van der Waals surface area contributed by atoms with E-state index in [2.05, 4.69) is 10.4 Å². The summed E-state index contributed by atoms with van der Waals surface area (Å²) in [4.78, 5) is 39.1. The molecule has 1 aromatic heterocycles. The molecule has 1 fully saturated rings. The number of carbonyl (C=O) groups is 3. The number of fused-ring (bicyclic) bond motifs is 1. The molecule has 2 heterocycles. The maximum Gasteiger partial charge on any atom is 0.408 e. The Morgan fingerprint density at radius 1 is 1.02 bits per heavy atom. The lowest BCUT2D eigenvalue weighted by Gasteiger charge is -2.28. The summed E-state index contributed by atoms with van der Waals surface area (Å²) in [5, 5.41) is 8.32.